The Kier molecular flexibility index (Phi) is 8.96. The van der Waals surface area contributed by atoms with Crippen molar-refractivity contribution in [2.45, 2.75) is 63.9 Å². The summed E-state index contributed by atoms with van der Waals surface area (Å²) in [6.07, 6.45) is -3.21. The summed E-state index contributed by atoms with van der Waals surface area (Å²) >= 11 is 5.80. The summed E-state index contributed by atoms with van der Waals surface area (Å²) in [4.78, 5) is 38.5. The minimum absolute atomic E-state index is 0.355. The van der Waals surface area contributed by atoms with Crippen LogP contribution in [-0.2, 0) is 30.6 Å². The number of fused-ring (bicyclic) bond motifs is 1. The van der Waals surface area contributed by atoms with E-state index in [1.165, 1.54) is 6.92 Å². The van der Waals surface area contributed by atoms with E-state index in [9.17, 15) is 24.6 Å². The Bertz CT molecular complexity index is 1530. The van der Waals surface area contributed by atoms with Crippen LogP contribution in [0.1, 0.15) is 33.9 Å². The van der Waals surface area contributed by atoms with Gasteiger partial charge in [-0.15, -0.1) is 0 Å². The maximum Gasteiger partial charge on any atom is 0.330 e. The summed E-state index contributed by atoms with van der Waals surface area (Å²) in [6, 6.07) is 13.1. The summed E-state index contributed by atoms with van der Waals surface area (Å²) in [7, 11) is 0. The van der Waals surface area contributed by atoms with Crippen LogP contribution >= 0.6 is 6.64 Å². The van der Waals surface area contributed by atoms with E-state index >= 15 is 0 Å². The van der Waals surface area contributed by atoms with Crippen molar-refractivity contribution in [1.82, 2.24) is 14.6 Å². The van der Waals surface area contributed by atoms with Gasteiger partial charge in [-0.25, -0.2) is 9.88 Å². The zero-order valence-electron chi connectivity index (χ0n) is 22.3. The van der Waals surface area contributed by atoms with Crippen molar-refractivity contribution in [3.63, 3.8) is 0 Å². The van der Waals surface area contributed by atoms with E-state index < -0.39 is 53.9 Å². The van der Waals surface area contributed by atoms with Crippen LogP contribution in [0.3, 0.4) is 0 Å². The van der Waals surface area contributed by atoms with E-state index in [0.717, 1.165) is 27.6 Å². The van der Waals surface area contributed by atoms with Gasteiger partial charge < -0.3 is 28.7 Å². The quantitative estimate of drug-likeness (QED) is 0.201. The molecule has 1 aliphatic rings. The summed E-state index contributed by atoms with van der Waals surface area (Å²) in [5, 5.41) is 26.5. The van der Waals surface area contributed by atoms with Gasteiger partial charge in [0.2, 0.25) is 0 Å². The molecule has 1 fully saturated rings. The topological polar surface area (TPSA) is 161 Å². The van der Waals surface area contributed by atoms with Crippen molar-refractivity contribution in [2.24, 2.45) is 0 Å². The molecule has 1 saturated heterocycles. The number of ether oxygens (including phenoxy) is 2. The van der Waals surface area contributed by atoms with Gasteiger partial charge >= 0.3 is 18.3 Å². The van der Waals surface area contributed by atoms with Gasteiger partial charge in [-0.1, -0.05) is 36.4 Å². The summed E-state index contributed by atoms with van der Waals surface area (Å²) in [6.45, 7) is 2.40. The van der Waals surface area contributed by atoms with Gasteiger partial charge in [0.1, 0.15) is 29.6 Å². The molecule has 3 aromatic rings. The standard InChI is InChI=1S/C26H32N3O9PS/c1-15(2)36-23(32)16(3)28-39(40,38-19-11-7-9-17-8-5-6-10-18(17)19)35-14-20-22(31)26(4,34)24(37-20)29-13-12-21(30)27-25(29)33/h5-13,15-16,20,22,24,31,34H,14H2,1-4H3,(H,28,40)(H,27,30,33)/t16?,20-,22-,24-,26-,39?/m1/s1. The third kappa shape index (κ3) is 6.52. The van der Waals surface area contributed by atoms with Crippen molar-refractivity contribution in [1.29, 1.82) is 0 Å². The van der Waals surface area contributed by atoms with E-state index in [4.69, 9.17) is 30.3 Å². The molecule has 4 rings (SSSR count). The Morgan fingerprint density at radius 1 is 1.20 bits per heavy atom. The average molecular weight is 594 g/mol. The highest BCUT2D eigenvalue weighted by molar-refractivity contribution is 8.09. The average Bonchev–Trinajstić information content (AvgIpc) is 3.11. The number of hydrogen-bond acceptors (Lipinski definition) is 10. The molecule has 40 heavy (non-hydrogen) atoms. The molecule has 1 aromatic heterocycles. The monoisotopic (exact) mass is 593 g/mol. The molecule has 6 atom stereocenters. The van der Waals surface area contributed by atoms with E-state index in [1.54, 1.807) is 32.9 Å². The van der Waals surface area contributed by atoms with Crippen molar-refractivity contribution >= 4 is 35.2 Å². The maximum atomic E-state index is 12.6. The molecule has 1 aliphatic heterocycles. The fraction of sp³-hybridized carbons (Fsp3) is 0.423. The molecule has 216 valence electrons. The number of H-pyrrole nitrogens is 1. The molecule has 0 radical (unpaired) electrons. The van der Waals surface area contributed by atoms with E-state index in [1.807, 2.05) is 30.3 Å². The first-order valence-corrected chi connectivity index (χ1v) is 15.2. The Morgan fingerprint density at radius 3 is 2.60 bits per heavy atom. The van der Waals surface area contributed by atoms with E-state index in [2.05, 4.69) is 10.1 Å². The molecule has 12 nitrogen and oxygen atoms in total. The molecule has 0 spiro atoms. The zero-order valence-corrected chi connectivity index (χ0v) is 24.1. The molecular formula is C26H32N3O9PS. The second kappa shape index (κ2) is 11.9. The van der Waals surface area contributed by atoms with Gasteiger partial charge in [-0.2, -0.15) is 0 Å². The zero-order chi connectivity index (χ0) is 29.2. The predicted octanol–water partition coefficient (Wildman–Crippen LogP) is 1.95. The third-order valence-electron chi connectivity index (χ3n) is 6.29. The first-order valence-electron chi connectivity index (χ1n) is 12.6. The number of aliphatic hydroxyl groups is 2. The van der Waals surface area contributed by atoms with E-state index in [0.29, 0.717) is 5.75 Å². The number of aromatic nitrogens is 2. The first-order chi connectivity index (χ1) is 18.8. The summed E-state index contributed by atoms with van der Waals surface area (Å²) < 4.78 is 24.3. The number of nitrogens with zero attached hydrogens (tertiary/aromatic N) is 1. The second-order valence-electron chi connectivity index (χ2n) is 9.91. The largest absolute Gasteiger partial charge is 0.462 e. The number of carbonyl (C=O) groups excluding carboxylic acids is 1. The molecule has 0 saturated carbocycles. The van der Waals surface area contributed by atoms with E-state index in [-0.39, 0.29) is 12.7 Å². The van der Waals surface area contributed by atoms with Gasteiger partial charge in [0.25, 0.3) is 5.56 Å². The van der Waals surface area contributed by atoms with Crippen molar-refractivity contribution in [2.75, 3.05) is 6.61 Å². The fourth-order valence-electron chi connectivity index (χ4n) is 4.28. The number of aromatic amines is 1. The van der Waals surface area contributed by atoms with Gasteiger partial charge in [-0.3, -0.25) is 19.1 Å². The van der Waals surface area contributed by atoms with Crippen molar-refractivity contribution in [3.8, 4) is 5.75 Å². The normalized spacial score (nSPS) is 25.0. The number of esters is 1. The molecule has 2 unspecified atom stereocenters. The third-order valence-corrected chi connectivity index (χ3v) is 8.78. The van der Waals surface area contributed by atoms with Gasteiger partial charge in [0.05, 0.1) is 12.7 Å². The van der Waals surface area contributed by atoms with Crippen molar-refractivity contribution in [3.05, 3.63) is 75.6 Å². The fourth-order valence-corrected chi connectivity index (χ4v) is 6.70. The molecule has 2 aromatic carbocycles. The highest BCUT2D eigenvalue weighted by atomic mass is 32.5. The molecule has 0 bridgehead atoms. The highest BCUT2D eigenvalue weighted by Gasteiger charge is 2.54. The Balaban J connectivity index is 1.60. The summed E-state index contributed by atoms with van der Waals surface area (Å²) in [5.74, 6) is -0.150. The van der Waals surface area contributed by atoms with Gasteiger partial charge in [-0.05, 0) is 51.0 Å². The molecule has 14 heteroatoms. The number of rotatable bonds is 10. The number of nitrogens with one attached hydrogen (secondary N) is 2. The number of aliphatic hydroxyl groups excluding tert-OH is 1. The highest BCUT2D eigenvalue weighted by Crippen LogP contribution is 2.48. The smallest absolute Gasteiger partial charge is 0.330 e. The maximum absolute atomic E-state index is 12.6. The first kappa shape index (κ1) is 30.1. The molecule has 0 aliphatic carbocycles. The van der Waals surface area contributed by atoms with Crippen LogP contribution in [0.2, 0.25) is 0 Å². The predicted molar refractivity (Wildman–Crippen MR) is 151 cm³/mol. The van der Waals surface area contributed by atoms with Crippen LogP contribution < -0.4 is 20.9 Å². The minimum Gasteiger partial charge on any atom is -0.462 e. The van der Waals surface area contributed by atoms with Crippen LogP contribution in [-0.4, -0.2) is 62.3 Å². The lowest BCUT2D eigenvalue weighted by molar-refractivity contribution is -0.149. The Morgan fingerprint density at radius 2 is 1.90 bits per heavy atom. The Hall–Kier alpha value is -2.90. The number of hydrogen-bond donors (Lipinski definition) is 4. The minimum atomic E-state index is -3.53. The van der Waals surface area contributed by atoms with Crippen LogP contribution in [0.4, 0.5) is 0 Å². The van der Waals surface area contributed by atoms with Gasteiger partial charge in [0, 0.05) is 17.6 Å². The number of carbonyl (C=O) groups is 1. The lowest BCUT2D eigenvalue weighted by Gasteiger charge is -2.29. The molecular weight excluding hydrogens is 561 g/mol. The number of benzene rings is 2. The molecule has 4 N–H and O–H groups in total. The lowest BCUT2D eigenvalue weighted by Crippen LogP contribution is -2.47. The lowest BCUT2D eigenvalue weighted by atomic mass is 9.96. The van der Waals surface area contributed by atoms with Crippen LogP contribution in [0, 0.1) is 0 Å². The summed E-state index contributed by atoms with van der Waals surface area (Å²) in [5.41, 5.74) is -3.38. The van der Waals surface area contributed by atoms with Gasteiger partial charge in [0.15, 0.2) is 6.23 Å². The van der Waals surface area contributed by atoms with Crippen LogP contribution in [0.15, 0.2) is 64.3 Å². The van der Waals surface area contributed by atoms with Crippen LogP contribution in [0.5, 0.6) is 5.75 Å². The molecule has 0 amide bonds. The molecule has 2 heterocycles. The second-order valence-corrected chi connectivity index (χ2v) is 13.0. The Labute approximate surface area is 235 Å². The van der Waals surface area contributed by atoms with Crippen LogP contribution in [0.25, 0.3) is 10.8 Å². The SMILES string of the molecule is CC(C)OC(=O)C(C)NP(=S)(OC[C@H]1O[C@@H](n2ccc(=O)[nH]c2=O)[C@](C)(O)[C@@H]1O)Oc1cccc2ccccc12. The van der Waals surface area contributed by atoms with Crippen molar-refractivity contribution < 1.29 is 33.5 Å².